The molecule has 0 bridgehead atoms. The van der Waals surface area contributed by atoms with Crippen molar-refractivity contribution in [1.82, 2.24) is 15.5 Å². The molecule has 0 radical (unpaired) electrons. The molecule has 1 saturated heterocycles. The van der Waals surface area contributed by atoms with Crippen LogP contribution < -0.4 is 26.4 Å². The summed E-state index contributed by atoms with van der Waals surface area (Å²) >= 11 is 1.34. The molecule has 10 nitrogen and oxygen atoms in total. The molecule has 11 heteroatoms. The number of carbonyl (C=O) groups is 4. The van der Waals surface area contributed by atoms with Crippen LogP contribution in [-0.2, 0) is 20.8 Å². The Hall–Kier alpha value is -3.73. The first kappa shape index (κ1) is 26.9. The van der Waals surface area contributed by atoms with Gasteiger partial charge in [0.15, 0.2) is 0 Å². The second-order valence-corrected chi connectivity index (χ2v) is 9.27. The second kappa shape index (κ2) is 12.8. The maximum absolute atomic E-state index is 13.2. The lowest BCUT2D eigenvalue weighted by Crippen LogP contribution is -2.53. The number of benzene rings is 2. The number of amides is 5. The summed E-state index contributed by atoms with van der Waals surface area (Å²) in [5.41, 5.74) is 6.96. The smallest absolute Gasteiger partial charge is 0.319 e. The maximum atomic E-state index is 13.2. The van der Waals surface area contributed by atoms with Gasteiger partial charge in [0.2, 0.25) is 17.7 Å². The van der Waals surface area contributed by atoms with Gasteiger partial charge in [-0.2, -0.15) is 11.8 Å². The van der Waals surface area contributed by atoms with Crippen molar-refractivity contribution in [2.75, 3.05) is 31.0 Å². The van der Waals surface area contributed by atoms with Crippen molar-refractivity contribution < 1.29 is 23.9 Å². The molecule has 1 aliphatic heterocycles. The van der Waals surface area contributed by atoms with Crippen LogP contribution in [0, 0.1) is 0 Å². The fraction of sp³-hybridized carbons (Fsp3) is 0.360. The Balaban J connectivity index is 1.66. The van der Waals surface area contributed by atoms with Crippen LogP contribution in [0.15, 0.2) is 54.6 Å². The summed E-state index contributed by atoms with van der Waals surface area (Å²) < 4.78 is 5.11. The fourth-order valence-corrected chi connectivity index (χ4v) is 4.45. The lowest BCUT2D eigenvalue weighted by molar-refractivity contribution is -0.137. The fourth-order valence-electron chi connectivity index (χ4n) is 4.04. The number of hydrogen-bond acceptors (Lipinski definition) is 6. The third-order valence-corrected chi connectivity index (χ3v) is 6.35. The highest BCUT2D eigenvalue weighted by Crippen LogP contribution is 2.21. The van der Waals surface area contributed by atoms with Gasteiger partial charge in [0.25, 0.3) is 0 Å². The van der Waals surface area contributed by atoms with E-state index in [1.165, 1.54) is 16.7 Å². The summed E-state index contributed by atoms with van der Waals surface area (Å²) in [5, 5.41) is 8.27. The highest BCUT2D eigenvalue weighted by molar-refractivity contribution is 7.99. The predicted molar refractivity (Wildman–Crippen MR) is 139 cm³/mol. The molecule has 2 aromatic carbocycles. The molecule has 5 amide bonds. The first-order valence-electron chi connectivity index (χ1n) is 11.4. The van der Waals surface area contributed by atoms with Crippen molar-refractivity contribution in [1.29, 1.82) is 0 Å². The molecular weight excluding hydrogens is 482 g/mol. The van der Waals surface area contributed by atoms with Crippen LogP contribution in [0.25, 0.3) is 0 Å². The number of ether oxygens (including phenoxy) is 1. The lowest BCUT2D eigenvalue weighted by atomic mass is 10.0. The summed E-state index contributed by atoms with van der Waals surface area (Å²) in [6.07, 6.45) is 2.24. The molecule has 1 fully saturated rings. The molecule has 0 aromatic heterocycles. The van der Waals surface area contributed by atoms with Crippen molar-refractivity contribution in [2.45, 2.75) is 31.0 Å². The van der Waals surface area contributed by atoms with E-state index >= 15 is 0 Å². The van der Waals surface area contributed by atoms with E-state index in [9.17, 15) is 19.2 Å². The highest BCUT2D eigenvalue weighted by Gasteiger charge is 2.40. The van der Waals surface area contributed by atoms with Gasteiger partial charge in [-0.3, -0.25) is 14.4 Å². The van der Waals surface area contributed by atoms with Crippen LogP contribution in [0.4, 0.5) is 10.5 Å². The van der Waals surface area contributed by atoms with E-state index in [2.05, 4.69) is 16.0 Å². The van der Waals surface area contributed by atoms with Crippen LogP contribution in [0.3, 0.4) is 0 Å². The van der Waals surface area contributed by atoms with Crippen molar-refractivity contribution in [3.63, 3.8) is 0 Å². The molecule has 3 atom stereocenters. The average Bonchev–Trinajstić information content (AvgIpc) is 3.28. The van der Waals surface area contributed by atoms with Crippen LogP contribution in [0.2, 0.25) is 0 Å². The van der Waals surface area contributed by atoms with Crippen LogP contribution in [0.1, 0.15) is 12.0 Å². The Morgan fingerprint density at radius 1 is 1.11 bits per heavy atom. The summed E-state index contributed by atoms with van der Waals surface area (Å²) in [5.74, 6) is -0.515. The zero-order valence-corrected chi connectivity index (χ0v) is 21.0. The molecule has 1 heterocycles. The Morgan fingerprint density at radius 3 is 2.42 bits per heavy atom. The summed E-state index contributed by atoms with van der Waals surface area (Å²) in [6.45, 7) is 0.174. The van der Waals surface area contributed by atoms with Gasteiger partial charge < -0.3 is 31.3 Å². The van der Waals surface area contributed by atoms with E-state index in [-0.39, 0.29) is 31.0 Å². The van der Waals surface area contributed by atoms with Gasteiger partial charge in [0.1, 0.15) is 17.8 Å². The van der Waals surface area contributed by atoms with E-state index < -0.39 is 36.0 Å². The number of nitrogens with zero attached hydrogens (tertiary/aromatic N) is 1. The van der Waals surface area contributed by atoms with Gasteiger partial charge in [-0.05, 0) is 42.5 Å². The van der Waals surface area contributed by atoms with E-state index in [1.807, 2.05) is 30.3 Å². The second-order valence-electron chi connectivity index (χ2n) is 8.41. The minimum absolute atomic E-state index is 0.174. The van der Waals surface area contributed by atoms with Gasteiger partial charge in [0.05, 0.1) is 18.9 Å². The normalized spacial score (nSPS) is 17.7. The van der Waals surface area contributed by atoms with Crippen molar-refractivity contribution in [3.05, 3.63) is 60.2 Å². The van der Waals surface area contributed by atoms with Crippen LogP contribution in [-0.4, -0.2) is 72.4 Å². The van der Waals surface area contributed by atoms with Gasteiger partial charge in [-0.15, -0.1) is 0 Å². The SMILES string of the molecule is COc1ccc(NC(=O)N[C@@H]2C[C@@H](C(=O)N[C@H](Cc3ccccc3)C(N)=O)N(C(=O)CSC)C2)cc1. The molecule has 5 N–H and O–H groups in total. The van der Waals surface area contributed by atoms with Gasteiger partial charge in [-0.1, -0.05) is 30.3 Å². The monoisotopic (exact) mass is 513 g/mol. The maximum Gasteiger partial charge on any atom is 0.319 e. The minimum Gasteiger partial charge on any atom is -0.497 e. The number of likely N-dealkylation sites (tertiary alicyclic amines) is 1. The number of primary amides is 1. The standard InChI is InChI=1S/C25H31N5O5S/c1-35-19-10-8-17(9-11-19)27-25(34)28-18-13-21(30(14-18)22(31)15-36-2)24(33)29-20(23(26)32)12-16-6-4-3-5-7-16/h3-11,18,20-21H,12-15H2,1-2H3,(H2,26,32)(H,29,33)(H2,27,28,34)/t18-,20-,21+/m1/s1. The zero-order chi connectivity index (χ0) is 26.1. The minimum atomic E-state index is -0.928. The number of rotatable bonds is 10. The third kappa shape index (κ3) is 7.38. The van der Waals surface area contributed by atoms with Crippen LogP contribution in [0.5, 0.6) is 5.75 Å². The van der Waals surface area contributed by atoms with E-state index in [0.717, 1.165) is 5.56 Å². The molecule has 0 aliphatic carbocycles. The zero-order valence-electron chi connectivity index (χ0n) is 20.2. The summed E-state index contributed by atoms with van der Waals surface area (Å²) in [7, 11) is 1.55. The summed E-state index contributed by atoms with van der Waals surface area (Å²) in [6, 6.07) is 13.4. The predicted octanol–water partition coefficient (Wildman–Crippen LogP) is 1.36. The number of methoxy groups -OCH3 is 1. The molecular formula is C25H31N5O5S. The highest BCUT2D eigenvalue weighted by atomic mass is 32.2. The molecule has 0 saturated carbocycles. The molecule has 3 rings (SSSR count). The largest absolute Gasteiger partial charge is 0.497 e. The number of carbonyl (C=O) groups excluding carboxylic acids is 4. The number of nitrogens with two attached hydrogens (primary N) is 1. The Bertz CT molecular complexity index is 1070. The topological polar surface area (TPSA) is 143 Å². The molecule has 2 aromatic rings. The van der Waals surface area contributed by atoms with Gasteiger partial charge >= 0.3 is 6.03 Å². The third-order valence-electron chi connectivity index (χ3n) is 5.82. The molecule has 0 spiro atoms. The molecule has 0 unspecified atom stereocenters. The van der Waals surface area contributed by atoms with Crippen molar-refractivity contribution in [3.8, 4) is 5.75 Å². The Kier molecular flexibility index (Phi) is 9.57. The average molecular weight is 514 g/mol. The van der Waals surface area contributed by atoms with Gasteiger partial charge in [0, 0.05) is 18.7 Å². The van der Waals surface area contributed by atoms with Crippen LogP contribution >= 0.6 is 11.8 Å². The van der Waals surface area contributed by atoms with Gasteiger partial charge in [-0.25, -0.2) is 4.79 Å². The number of urea groups is 1. The quantitative estimate of drug-likeness (QED) is 0.378. The lowest BCUT2D eigenvalue weighted by Gasteiger charge is -2.25. The van der Waals surface area contributed by atoms with E-state index in [4.69, 9.17) is 10.5 Å². The first-order valence-corrected chi connectivity index (χ1v) is 12.8. The Labute approximate surface area is 214 Å². The summed E-state index contributed by atoms with van der Waals surface area (Å²) in [4.78, 5) is 52.0. The van der Waals surface area contributed by atoms with E-state index in [0.29, 0.717) is 11.4 Å². The Morgan fingerprint density at radius 2 is 1.81 bits per heavy atom. The number of anilines is 1. The molecule has 36 heavy (non-hydrogen) atoms. The molecule has 192 valence electrons. The van der Waals surface area contributed by atoms with Crippen molar-refractivity contribution in [2.24, 2.45) is 5.73 Å². The van der Waals surface area contributed by atoms with Crippen molar-refractivity contribution >= 4 is 41.2 Å². The first-order chi connectivity index (χ1) is 17.3. The molecule has 1 aliphatic rings. The van der Waals surface area contributed by atoms with E-state index in [1.54, 1.807) is 37.6 Å². The number of hydrogen-bond donors (Lipinski definition) is 4. The number of thioether (sulfide) groups is 1. The number of nitrogens with one attached hydrogen (secondary N) is 3.